The molecule has 82 valence electrons. The fraction of sp³-hybridized carbons (Fsp3) is 0.417. The standard InChI is InChI=1S/C10H11NO2.C2H6/c1-11-7-9(13-10(11)12)8-5-3-2-4-6-8;1-2/h2-6,9H,7H2,1H3;1-2H3. The molecule has 0 bridgehead atoms. The third-order valence-electron chi connectivity index (χ3n) is 2.17. The summed E-state index contributed by atoms with van der Waals surface area (Å²) in [7, 11) is 1.74. The molecule has 0 saturated carbocycles. The molecule has 1 atom stereocenters. The summed E-state index contributed by atoms with van der Waals surface area (Å²) in [6, 6.07) is 9.78. The number of rotatable bonds is 1. The van der Waals surface area contributed by atoms with Gasteiger partial charge in [-0.1, -0.05) is 44.2 Å². The number of carbonyl (C=O) groups excluding carboxylic acids is 1. The van der Waals surface area contributed by atoms with Gasteiger partial charge in [0.05, 0.1) is 6.54 Å². The van der Waals surface area contributed by atoms with Crippen molar-refractivity contribution >= 4 is 6.09 Å². The summed E-state index contributed by atoms with van der Waals surface area (Å²) < 4.78 is 5.15. The molecule has 3 nitrogen and oxygen atoms in total. The van der Waals surface area contributed by atoms with E-state index in [2.05, 4.69) is 0 Å². The predicted molar refractivity (Wildman–Crippen MR) is 59.6 cm³/mol. The number of amides is 1. The first kappa shape index (κ1) is 11.6. The van der Waals surface area contributed by atoms with Gasteiger partial charge in [0.15, 0.2) is 0 Å². The number of hydrogen-bond acceptors (Lipinski definition) is 2. The quantitative estimate of drug-likeness (QED) is 0.708. The van der Waals surface area contributed by atoms with Crippen LogP contribution in [-0.2, 0) is 4.74 Å². The zero-order valence-electron chi connectivity index (χ0n) is 9.43. The molecule has 0 radical (unpaired) electrons. The number of cyclic esters (lactones) is 1. The lowest BCUT2D eigenvalue weighted by Gasteiger charge is -2.06. The van der Waals surface area contributed by atoms with Crippen molar-refractivity contribution in [2.45, 2.75) is 20.0 Å². The summed E-state index contributed by atoms with van der Waals surface area (Å²) in [5.74, 6) is 0. The van der Waals surface area contributed by atoms with Gasteiger partial charge < -0.3 is 9.64 Å². The van der Waals surface area contributed by atoms with Crippen LogP contribution in [0.1, 0.15) is 25.5 Å². The third kappa shape index (κ3) is 2.72. The maximum absolute atomic E-state index is 11.1. The lowest BCUT2D eigenvalue weighted by Crippen LogP contribution is -2.17. The molecule has 0 aromatic heterocycles. The smallest absolute Gasteiger partial charge is 0.410 e. The zero-order valence-corrected chi connectivity index (χ0v) is 9.43. The average Bonchev–Trinajstić information content (AvgIpc) is 2.63. The Labute approximate surface area is 90.7 Å². The van der Waals surface area contributed by atoms with Crippen molar-refractivity contribution < 1.29 is 9.53 Å². The van der Waals surface area contributed by atoms with E-state index >= 15 is 0 Å². The summed E-state index contributed by atoms with van der Waals surface area (Å²) in [5, 5.41) is 0. The third-order valence-corrected chi connectivity index (χ3v) is 2.17. The van der Waals surface area contributed by atoms with Crippen LogP contribution in [0.25, 0.3) is 0 Å². The van der Waals surface area contributed by atoms with E-state index in [0.717, 1.165) is 5.56 Å². The first-order valence-corrected chi connectivity index (χ1v) is 5.24. The highest BCUT2D eigenvalue weighted by Gasteiger charge is 2.28. The molecule has 1 amide bonds. The van der Waals surface area contributed by atoms with Crippen LogP contribution >= 0.6 is 0 Å². The van der Waals surface area contributed by atoms with Gasteiger partial charge in [0.25, 0.3) is 0 Å². The zero-order chi connectivity index (χ0) is 11.3. The minimum atomic E-state index is -0.242. The molecule has 15 heavy (non-hydrogen) atoms. The molecule has 1 aromatic carbocycles. The van der Waals surface area contributed by atoms with Crippen LogP contribution in [0.5, 0.6) is 0 Å². The second-order valence-corrected chi connectivity index (χ2v) is 3.16. The maximum Gasteiger partial charge on any atom is 0.410 e. The Balaban J connectivity index is 0.000000531. The molecule has 1 unspecified atom stereocenters. The first-order valence-electron chi connectivity index (χ1n) is 5.24. The van der Waals surface area contributed by atoms with Crippen LogP contribution in [0.15, 0.2) is 30.3 Å². The monoisotopic (exact) mass is 207 g/mol. The van der Waals surface area contributed by atoms with Gasteiger partial charge in [-0.25, -0.2) is 4.79 Å². The van der Waals surface area contributed by atoms with Gasteiger partial charge >= 0.3 is 6.09 Å². The predicted octanol–water partition coefficient (Wildman–Crippen LogP) is 2.84. The number of benzene rings is 1. The van der Waals surface area contributed by atoms with Crippen LogP contribution in [0.4, 0.5) is 4.79 Å². The first-order chi connectivity index (χ1) is 7.27. The number of ether oxygens (including phenoxy) is 1. The van der Waals surface area contributed by atoms with Crippen molar-refractivity contribution in [2.75, 3.05) is 13.6 Å². The van der Waals surface area contributed by atoms with Crippen LogP contribution < -0.4 is 0 Å². The molecule has 2 rings (SSSR count). The van der Waals surface area contributed by atoms with Gasteiger partial charge in [-0.2, -0.15) is 0 Å². The second-order valence-electron chi connectivity index (χ2n) is 3.16. The van der Waals surface area contributed by atoms with E-state index in [1.807, 2.05) is 44.2 Å². The van der Waals surface area contributed by atoms with Crippen molar-refractivity contribution in [3.63, 3.8) is 0 Å². The molecule has 1 aliphatic heterocycles. The van der Waals surface area contributed by atoms with Crippen molar-refractivity contribution in [1.82, 2.24) is 4.90 Å². The van der Waals surface area contributed by atoms with Crippen LogP contribution in [0, 0.1) is 0 Å². The topological polar surface area (TPSA) is 29.5 Å². The number of carbonyl (C=O) groups is 1. The molecule has 0 spiro atoms. The lowest BCUT2D eigenvalue weighted by molar-refractivity contribution is 0.135. The van der Waals surface area contributed by atoms with E-state index in [9.17, 15) is 4.79 Å². The van der Waals surface area contributed by atoms with Crippen molar-refractivity contribution in [1.29, 1.82) is 0 Å². The Morgan fingerprint density at radius 3 is 2.33 bits per heavy atom. The molecule has 1 fully saturated rings. The van der Waals surface area contributed by atoms with E-state index in [4.69, 9.17) is 4.74 Å². The SMILES string of the molecule is CC.CN1CC(c2ccccc2)OC1=O. The minimum Gasteiger partial charge on any atom is -0.439 e. The highest BCUT2D eigenvalue weighted by molar-refractivity contribution is 5.69. The van der Waals surface area contributed by atoms with Gasteiger partial charge in [-0.15, -0.1) is 0 Å². The summed E-state index contributed by atoms with van der Waals surface area (Å²) in [4.78, 5) is 12.6. The maximum atomic E-state index is 11.1. The fourth-order valence-corrected chi connectivity index (χ4v) is 1.41. The summed E-state index contributed by atoms with van der Waals surface area (Å²) >= 11 is 0. The van der Waals surface area contributed by atoms with E-state index in [0.29, 0.717) is 6.54 Å². The largest absolute Gasteiger partial charge is 0.439 e. The van der Waals surface area contributed by atoms with Crippen LogP contribution in [0.3, 0.4) is 0 Å². The van der Waals surface area contributed by atoms with Gasteiger partial charge in [0, 0.05) is 7.05 Å². The Morgan fingerprint density at radius 2 is 1.87 bits per heavy atom. The van der Waals surface area contributed by atoms with Gasteiger partial charge in [-0.05, 0) is 5.56 Å². The van der Waals surface area contributed by atoms with Crippen molar-refractivity contribution in [3.8, 4) is 0 Å². The van der Waals surface area contributed by atoms with E-state index in [-0.39, 0.29) is 12.2 Å². The molecular weight excluding hydrogens is 190 g/mol. The Morgan fingerprint density at radius 1 is 1.27 bits per heavy atom. The van der Waals surface area contributed by atoms with Gasteiger partial charge in [0.2, 0.25) is 0 Å². The number of nitrogens with zero attached hydrogens (tertiary/aromatic N) is 1. The Hall–Kier alpha value is -1.51. The van der Waals surface area contributed by atoms with Crippen molar-refractivity contribution in [2.24, 2.45) is 0 Å². The lowest BCUT2D eigenvalue weighted by atomic mass is 10.1. The summed E-state index contributed by atoms with van der Waals surface area (Å²) in [6.07, 6.45) is -0.340. The Bertz CT molecular complexity index is 311. The van der Waals surface area contributed by atoms with Crippen LogP contribution in [-0.4, -0.2) is 24.6 Å². The normalized spacial score (nSPS) is 19.3. The van der Waals surface area contributed by atoms with E-state index < -0.39 is 0 Å². The fourth-order valence-electron chi connectivity index (χ4n) is 1.41. The highest BCUT2D eigenvalue weighted by atomic mass is 16.6. The highest BCUT2D eigenvalue weighted by Crippen LogP contribution is 2.24. The van der Waals surface area contributed by atoms with Crippen LogP contribution in [0.2, 0.25) is 0 Å². The molecule has 1 saturated heterocycles. The molecule has 0 aliphatic carbocycles. The minimum absolute atomic E-state index is 0.0984. The number of hydrogen-bond donors (Lipinski definition) is 0. The molecule has 0 N–H and O–H groups in total. The van der Waals surface area contributed by atoms with Gasteiger partial charge in [0.1, 0.15) is 6.10 Å². The van der Waals surface area contributed by atoms with E-state index in [1.54, 1.807) is 11.9 Å². The molecule has 3 heteroatoms. The summed E-state index contributed by atoms with van der Waals surface area (Å²) in [5.41, 5.74) is 1.06. The van der Waals surface area contributed by atoms with Crippen molar-refractivity contribution in [3.05, 3.63) is 35.9 Å². The molecular formula is C12H17NO2. The summed E-state index contributed by atoms with van der Waals surface area (Å²) in [6.45, 7) is 4.64. The molecule has 1 heterocycles. The molecule has 1 aliphatic rings. The second kappa shape index (κ2) is 5.39. The average molecular weight is 207 g/mol. The Kier molecular flexibility index (Phi) is 4.16. The number of likely N-dealkylation sites (N-methyl/N-ethyl adjacent to an activating group) is 1. The van der Waals surface area contributed by atoms with Gasteiger partial charge in [-0.3, -0.25) is 0 Å². The molecule has 1 aromatic rings. The van der Waals surface area contributed by atoms with E-state index in [1.165, 1.54) is 0 Å².